The van der Waals surface area contributed by atoms with E-state index in [0.717, 1.165) is 66.8 Å². The highest BCUT2D eigenvalue weighted by Gasteiger charge is 2.21. The summed E-state index contributed by atoms with van der Waals surface area (Å²) in [4.78, 5) is 2.44. The quantitative estimate of drug-likeness (QED) is 0.150. The Bertz CT molecular complexity index is 3630. The lowest BCUT2D eigenvalue weighted by Crippen LogP contribution is -2.12. The molecule has 0 aliphatic rings. The number of hydrogen-bond acceptors (Lipinski definition) is 2. The van der Waals surface area contributed by atoms with E-state index >= 15 is 0 Å². The Morgan fingerprint density at radius 2 is 0.774 bits per heavy atom. The second-order valence-electron chi connectivity index (χ2n) is 16.1. The average molecular weight is 790 g/mol. The van der Waals surface area contributed by atoms with E-state index in [9.17, 15) is 0 Å². The van der Waals surface area contributed by atoms with E-state index in [-0.39, 0.29) is 0 Å². The highest BCUT2D eigenvalue weighted by molar-refractivity contribution is 6.13. The summed E-state index contributed by atoms with van der Waals surface area (Å²) in [6, 6.07) is 85.6. The van der Waals surface area contributed by atoms with Crippen LogP contribution in [0.2, 0.25) is 0 Å². The summed E-state index contributed by atoms with van der Waals surface area (Å²) in [7, 11) is 0. The normalized spacial score (nSPS) is 11.5. The molecule has 0 radical (unpaired) electrons. The number of nitrogens with zero attached hydrogens (tertiary/aromatic N) is 1. The lowest BCUT2D eigenvalue weighted by molar-refractivity contribution is 0.669. The fourth-order valence-corrected chi connectivity index (χ4v) is 9.42. The van der Waals surface area contributed by atoms with Crippen molar-refractivity contribution >= 4 is 71.3 Å². The first-order chi connectivity index (χ1) is 30.7. The summed E-state index contributed by atoms with van der Waals surface area (Å²) in [5.41, 5.74) is 14.4. The Labute approximate surface area is 360 Å². The maximum absolute atomic E-state index is 6.29. The second kappa shape index (κ2) is 14.8. The number of anilines is 3. The Balaban J connectivity index is 1.02. The van der Waals surface area contributed by atoms with Gasteiger partial charge in [-0.25, -0.2) is 0 Å². The molecular weight excluding hydrogens is 751 g/mol. The molecule has 0 bridgehead atoms. The molecule has 0 saturated carbocycles. The van der Waals surface area contributed by atoms with Crippen LogP contribution in [0.3, 0.4) is 0 Å². The van der Waals surface area contributed by atoms with Crippen LogP contribution in [0, 0.1) is 0 Å². The van der Waals surface area contributed by atoms with E-state index in [1.807, 2.05) is 12.1 Å². The van der Waals surface area contributed by atoms with Gasteiger partial charge in [0.1, 0.15) is 11.2 Å². The number of hydrogen-bond donors (Lipinski definition) is 0. The maximum Gasteiger partial charge on any atom is 0.136 e. The van der Waals surface area contributed by atoms with Crippen molar-refractivity contribution in [3.63, 3.8) is 0 Å². The fraction of sp³-hybridized carbons (Fsp3) is 0. The molecule has 0 aliphatic carbocycles. The van der Waals surface area contributed by atoms with Crippen molar-refractivity contribution < 1.29 is 4.42 Å². The van der Waals surface area contributed by atoms with Crippen LogP contribution in [-0.2, 0) is 0 Å². The van der Waals surface area contributed by atoms with Gasteiger partial charge in [0.05, 0.1) is 11.4 Å². The van der Waals surface area contributed by atoms with E-state index in [1.165, 1.54) is 49.0 Å². The standard InChI is InChI=1S/C60H39NO/c1-2-14-46-38-47(32-26-40(46)12-1)41-24-27-43(28-25-41)51-16-5-8-20-56(51)61(49-36-34-44(35-37-49)53-19-11-23-59-60(53)54-18-7-10-22-58(54)62-59)57-21-9-6-17-52(57)48-33-31-45-30-29-42-13-3-4-15-50(42)55(45)39-48/h1-39H. The molecule has 2 nitrogen and oxygen atoms in total. The van der Waals surface area contributed by atoms with Crippen molar-refractivity contribution in [3.05, 3.63) is 237 Å². The number of para-hydroxylation sites is 3. The van der Waals surface area contributed by atoms with Crippen LogP contribution >= 0.6 is 0 Å². The van der Waals surface area contributed by atoms with Gasteiger partial charge in [0.15, 0.2) is 0 Å². The summed E-state index contributed by atoms with van der Waals surface area (Å²) in [6.07, 6.45) is 0. The van der Waals surface area contributed by atoms with Crippen molar-refractivity contribution in [1.82, 2.24) is 0 Å². The van der Waals surface area contributed by atoms with Gasteiger partial charge in [0.25, 0.3) is 0 Å². The van der Waals surface area contributed by atoms with Gasteiger partial charge >= 0.3 is 0 Å². The van der Waals surface area contributed by atoms with Gasteiger partial charge in [-0.2, -0.15) is 0 Å². The van der Waals surface area contributed by atoms with E-state index < -0.39 is 0 Å². The first-order valence-electron chi connectivity index (χ1n) is 21.2. The third-order valence-electron chi connectivity index (χ3n) is 12.5. The average Bonchev–Trinajstić information content (AvgIpc) is 3.74. The highest BCUT2D eigenvalue weighted by Crippen LogP contribution is 2.46. The first-order valence-corrected chi connectivity index (χ1v) is 21.2. The number of rotatable bonds is 7. The topological polar surface area (TPSA) is 16.4 Å². The van der Waals surface area contributed by atoms with Gasteiger partial charge in [-0.1, -0.05) is 188 Å². The molecule has 0 saturated heterocycles. The van der Waals surface area contributed by atoms with Crippen molar-refractivity contribution in [1.29, 1.82) is 0 Å². The Kier molecular flexibility index (Phi) is 8.53. The predicted octanol–water partition coefficient (Wildman–Crippen LogP) is 17.2. The second-order valence-corrected chi connectivity index (χ2v) is 16.1. The molecule has 0 fully saturated rings. The van der Waals surface area contributed by atoms with Gasteiger partial charge in [-0.15, -0.1) is 0 Å². The van der Waals surface area contributed by atoms with E-state index in [0.29, 0.717) is 0 Å². The van der Waals surface area contributed by atoms with Crippen LogP contribution < -0.4 is 4.90 Å². The van der Waals surface area contributed by atoms with Crippen LogP contribution in [0.4, 0.5) is 17.1 Å². The Hall–Kier alpha value is -8.20. The van der Waals surface area contributed by atoms with E-state index in [2.05, 4.69) is 229 Å². The molecule has 1 heterocycles. The SMILES string of the molecule is c1ccc(N(c2ccc(-c3cccc4oc5ccccc5c34)cc2)c2ccccc2-c2ccc3ccc4ccccc4c3c2)c(-c2ccc(-c3ccc4ccccc4c3)cc2)c1. The minimum atomic E-state index is 0.895. The van der Waals surface area contributed by atoms with Gasteiger partial charge < -0.3 is 9.32 Å². The van der Waals surface area contributed by atoms with Gasteiger partial charge in [0.2, 0.25) is 0 Å². The molecule has 12 rings (SSSR count). The number of benzene rings is 11. The van der Waals surface area contributed by atoms with E-state index in [4.69, 9.17) is 4.42 Å². The Morgan fingerprint density at radius 1 is 0.274 bits per heavy atom. The van der Waals surface area contributed by atoms with Gasteiger partial charge in [-0.05, 0) is 114 Å². The zero-order valence-electron chi connectivity index (χ0n) is 33.9. The molecule has 2 heteroatoms. The van der Waals surface area contributed by atoms with Crippen LogP contribution in [0.1, 0.15) is 0 Å². The molecule has 0 atom stereocenters. The molecule has 0 amide bonds. The smallest absolute Gasteiger partial charge is 0.136 e. The zero-order valence-corrected chi connectivity index (χ0v) is 33.9. The lowest BCUT2D eigenvalue weighted by atomic mass is 9.94. The summed E-state index contributed by atoms with van der Waals surface area (Å²) in [5, 5.41) is 9.74. The Morgan fingerprint density at radius 3 is 1.56 bits per heavy atom. The highest BCUT2D eigenvalue weighted by atomic mass is 16.3. The zero-order chi connectivity index (χ0) is 41.0. The van der Waals surface area contributed by atoms with Crippen molar-refractivity contribution in [2.45, 2.75) is 0 Å². The molecule has 290 valence electrons. The minimum Gasteiger partial charge on any atom is -0.456 e. The van der Waals surface area contributed by atoms with Crippen molar-refractivity contribution in [2.24, 2.45) is 0 Å². The van der Waals surface area contributed by atoms with Crippen LogP contribution in [0.25, 0.3) is 98.8 Å². The molecule has 0 N–H and O–H groups in total. The fourth-order valence-electron chi connectivity index (χ4n) is 9.42. The first kappa shape index (κ1) is 35.7. The molecular formula is C60H39NO. The van der Waals surface area contributed by atoms with E-state index in [1.54, 1.807) is 0 Å². The molecule has 11 aromatic carbocycles. The maximum atomic E-state index is 6.29. The molecule has 0 unspecified atom stereocenters. The van der Waals surface area contributed by atoms with Gasteiger partial charge in [0, 0.05) is 27.6 Å². The predicted molar refractivity (Wildman–Crippen MR) is 263 cm³/mol. The summed E-state index contributed by atoms with van der Waals surface area (Å²) < 4.78 is 6.29. The minimum absolute atomic E-state index is 0.895. The molecule has 62 heavy (non-hydrogen) atoms. The van der Waals surface area contributed by atoms with Crippen molar-refractivity contribution in [3.8, 4) is 44.5 Å². The van der Waals surface area contributed by atoms with Crippen LogP contribution in [0.5, 0.6) is 0 Å². The molecule has 12 aromatic rings. The van der Waals surface area contributed by atoms with Crippen LogP contribution in [-0.4, -0.2) is 0 Å². The third-order valence-corrected chi connectivity index (χ3v) is 12.5. The number of fused-ring (bicyclic) bond motifs is 7. The monoisotopic (exact) mass is 789 g/mol. The number of furan rings is 1. The molecule has 1 aromatic heterocycles. The lowest BCUT2D eigenvalue weighted by Gasteiger charge is -2.30. The van der Waals surface area contributed by atoms with Gasteiger partial charge in [-0.3, -0.25) is 0 Å². The summed E-state index contributed by atoms with van der Waals surface area (Å²) in [6.45, 7) is 0. The largest absolute Gasteiger partial charge is 0.456 e. The summed E-state index contributed by atoms with van der Waals surface area (Å²) >= 11 is 0. The van der Waals surface area contributed by atoms with Crippen molar-refractivity contribution in [2.75, 3.05) is 4.90 Å². The third kappa shape index (κ3) is 6.12. The molecule has 0 aliphatic heterocycles. The van der Waals surface area contributed by atoms with Crippen LogP contribution in [0.15, 0.2) is 241 Å². The molecule has 0 spiro atoms. The summed E-state index contributed by atoms with van der Waals surface area (Å²) in [5.74, 6) is 0.